The van der Waals surface area contributed by atoms with Crippen LogP contribution >= 0.6 is 0 Å². The molecule has 64 valence electrons. The summed E-state index contributed by atoms with van der Waals surface area (Å²) in [6, 6.07) is 0.558. The molecule has 1 rings (SSSR count). The number of likely N-dealkylation sites (tertiary alicyclic amines) is 1. The molecule has 0 spiro atoms. The minimum absolute atomic E-state index is 0.558. The van der Waals surface area contributed by atoms with E-state index < -0.39 is 0 Å². The van der Waals surface area contributed by atoms with Gasteiger partial charge in [-0.25, -0.2) is 0 Å². The van der Waals surface area contributed by atoms with Gasteiger partial charge >= 0.3 is 0 Å². The Hall–Kier alpha value is -0.720. The van der Waals surface area contributed by atoms with E-state index in [1.54, 1.807) is 0 Å². The van der Waals surface area contributed by atoms with E-state index in [4.69, 9.17) is 0 Å². The normalized spacial score (nSPS) is 22.0. The molecule has 1 saturated heterocycles. The molecular weight excluding hydrogens is 134 g/mol. The zero-order chi connectivity index (χ0) is 8.69. The second kappa shape index (κ2) is 6.02. The minimum Gasteiger partial charge on any atom is -0.372 e. The van der Waals surface area contributed by atoms with Crippen LogP contribution in [0, 0.1) is 0 Å². The van der Waals surface area contributed by atoms with E-state index in [0.717, 1.165) is 6.54 Å². The van der Waals surface area contributed by atoms with Crippen molar-refractivity contribution in [3.8, 4) is 0 Å². The Balaban J connectivity index is 0.000000461. The average molecular weight is 153 g/mol. The third-order valence-corrected chi connectivity index (χ3v) is 1.85. The van der Waals surface area contributed by atoms with Crippen LogP contribution in [0.3, 0.4) is 0 Å². The fraction of sp³-hybridized carbons (Fsp3) is 0.600. The highest BCUT2D eigenvalue weighted by atomic mass is 15.1. The highest BCUT2D eigenvalue weighted by molar-refractivity contribution is 4.95. The molecule has 1 fully saturated rings. The van der Waals surface area contributed by atoms with Crippen LogP contribution in [0.2, 0.25) is 0 Å². The molecule has 0 aromatic rings. The van der Waals surface area contributed by atoms with Crippen molar-refractivity contribution < 1.29 is 0 Å². The van der Waals surface area contributed by atoms with Crippen LogP contribution < -0.4 is 0 Å². The van der Waals surface area contributed by atoms with E-state index in [9.17, 15) is 0 Å². The van der Waals surface area contributed by atoms with Gasteiger partial charge in [-0.2, -0.15) is 0 Å². The van der Waals surface area contributed by atoms with E-state index >= 15 is 0 Å². The van der Waals surface area contributed by atoms with Gasteiger partial charge in [0.05, 0.1) is 0 Å². The molecule has 1 atom stereocenters. The van der Waals surface area contributed by atoms with Crippen molar-refractivity contribution in [1.29, 1.82) is 0 Å². The summed E-state index contributed by atoms with van der Waals surface area (Å²) in [4.78, 5) is 2.23. The molecule has 0 bridgehead atoms. The average Bonchev–Trinajstić information content (AvgIpc) is 2.54. The topological polar surface area (TPSA) is 3.24 Å². The van der Waals surface area contributed by atoms with E-state index in [1.807, 2.05) is 26.1 Å². The second-order valence-corrected chi connectivity index (χ2v) is 2.37. The van der Waals surface area contributed by atoms with Crippen LogP contribution in [0.5, 0.6) is 0 Å². The van der Waals surface area contributed by atoms with Gasteiger partial charge in [-0.1, -0.05) is 26.5 Å². The van der Waals surface area contributed by atoms with Crippen LogP contribution in [-0.2, 0) is 0 Å². The van der Waals surface area contributed by atoms with Crippen LogP contribution in [-0.4, -0.2) is 17.5 Å². The summed E-state index contributed by atoms with van der Waals surface area (Å²) in [7, 11) is 0. The molecule has 1 aliphatic heterocycles. The van der Waals surface area contributed by atoms with Gasteiger partial charge in [0.1, 0.15) is 0 Å². The van der Waals surface area contributed by atoms with Crippen molar-refractivity contribution in [2.24, 2.45) is 0 Å². The molecule has 11 heavy (non-hydrogen) atoms. The molecule has 0 saturated carbocycles. The Morgan fingerprint density at radius 1 is 1.36 bits per heavy atom. The van der Waals surface area contributed by atoms with Crippen LogP contribution in [0.15, 0.2) is 25.4 Å². The summed E-state index contributed by atoms with van der Waals surface area (Å²) >= 11 is 0. The predicted octanol–water partition coefficient (Wildman–Crippen LogP) is 2.81. The smallest absolute Gasteiger partial charge is 0.0465 e. The fourth-order valence-electron chi connectivity index (χ4n) is 1.29. The summed E-state index contributed by atoms with van der Waals surface area (Å²) in [5.74, 6) is 0. The highest BCUT2D eigenvalue weighted by Gasteiger charge is 2.16. The maximum absolute atomic E-state index is 3.75. The quantitative estimate of drug-likeness (QED) is 0.551. The number of hydrogen-bond donors (Lipinski definition) is 0. The lowest BCUT2D eigenvalue weighted by molar-refractivity contribution is 0.403. The number of hydrogen-bond acceptors (Lipinski definition) is 1. The van der Waals surface area contributed by atoms with E-state index in [2.05, 4.69) is 18.1 Å². The van der Waals surface area contributed by atoms with Crippen molar-refractivity contribution in [2.45, 2.75) is 32.7 Å². The van der Waals surface area contributed by atoms with Crippen molar-refractivity contribution in [1.82, 2.24) is 4.90 Å². The van der Waals surface area contributed by atoms with Crippen molar-refractivity contribution in [2.75, 3.05) is 6.54 Å². The minimum atomic E-state index is 0.558. The zero-order valence-electron chi connectivity index (χ0n) is 7.71. The first kappa shape index (κ1) is 10.3. The van der Waals surface area contributed by atoms with Crippen LogP contribution in [0.4, 0.5) is 0 Å². The lowest BCUT2D eigenvalue weighted by atomic mass is 10.2. The molecule has 0 aliphatic carbocycles. The molecule has 0 aromatic heterocycles. The standard InChI is InChI=1S/C8H13N.C2H6/c1-3-8-6-5-7-9(8)4-2;1-2/h3-4,8H,1-2,5-7H2;1-2H3. The summed E-state index contributed by atoms with van der Waals surface area (Å²) in [6.45, 7) is 12.6. The Bertz CT molecular complexity index is 104. The molecule has 0 radical (unpaired) electrons. The van der Waals surface area contributed by atoms with Crippen LogP contribution in [0.25, 0.3) is 0 Å². The Morgan fingerprint density at radius 3 is 2.36 bits per heavy atom. The largest absolute Gasteiger partial charge is 0.372 e. The number of nitrogens with zero attached hydrogens (tertiary/aromatic N) is 1. The van der Waals surface area contributed by atoms with E-state index in [1.165, 1.54) is 12.8 Å². The monoisotopic (exact) mass is 153 g/mol. The molecule has 0 aromatic carbocycles. The van der Waals surface area contributed by atoms with Gasteiger partial charge in [0.15, 0.2) is 0 Å². The zero-order valence-corrected chi connectivity index (χ0v) is 7.71. The lowest BCUT2D eigenvalue weighted by Crippen LogP contribution is -2.20. The molecule has 1 unspecified atom stereocenters. The summed E-state index contributed by atoms with van der Waals surface area (Å²) < 4.78 is 0. The number of rotatable bonds is 2. The third kappa shape index (κ3) is 2.79. The molecule has 1 heterocycles. The highest BCUT2D eigenvalue weighted by Crippen LogP contribution is 2.16. The third-order valence-electron chi connectivity index (χ3n) is 1.85. The first-order chi connectivity index (χ1) is 5.38. The van der Waals surface area contributed by atoms with Crippen molar-refractivity contribution >= 4 is 0 Å². The summed E-state index contributed by atoms with van der Waals surface area (Å²) in [6.07, 6.45) is 6.42. The Kier molecular flexibility index (Phi) is 5.63. The maximum atomic E-state index is 3.75. The van der Waals surface area contributed by atoms with Gasteiger partial charge in [0, 0.05) is 12.6 Å². The maximum Gasteiger partial charge on any atom is 0.0465 e. The van der Waals surface area contributed by atoms with Gasteiger partial charge in [0.25, 0.3) is 0 Å². The first-order valence-electron chi connectivity index (χ1n) is 4.39. The van der Waals surface area contributed by atoms with Crippen LogP contribution in [0.1, 0.15) is 26.7 Å². The van der Waals surface area contributed by atoms with Crippen molar-refractivity contribution in [3.05, 3.63) is 25.4 Å². The Labute approximate surface area is 70.4 Å². The lowest BCUT2D eigenvalue weighted by Gasteiger charge is -2.17. The van der Waals surface area contributed by atoms with Gasteiger partial charge in [-0.3, -0.25) is 0 Å². The summed E-state index contributed by atoms with van der Waals surface area (Å²) in [5.41, 5.74) is 0. The molecule has 1 nitrogen and oxygen atoms in total. The van der Waals surface area contributed by atoms with Gasteiger partial charge in [-0.05, 0) is 19.0 Å². The Morgan fingerprint density at radius 2 is 2.00 bits per heavy atom. The fourth-order valence-corrected chi connectivity index (χ4v) is 1.29. The molecule has 1 heteroatoms. The van der Waals surface area contributed by atoms with Gasteiger partial charge in [-0.15, -0.1) is 6.58 Å². The molecular formula is C10H19N. The SMILES string of the molecule is C=CC1CCCN1C=C.CC. The predicted molar refractivity (Wildman–Crippen MR) is 51.5 cm³/mol. The van der Waals surface area contributed by atoms with Crippen molar-refractivity contribution in [3.63, 3.8) is 0 Å². The second-order valence-electron chi connectivity index (χ2n) is 2.37. The van der Waals surface area contributed by atoms with E-state index in [-0.39, 0.29) is 0 Å². The molecule has 0 N–H and O–H groups in total. The van der Waals surface area contributed by atoms with E-state index in [0.29, 0.717) is 6.04 Å². The summed E-state index contributed by atoms with van der Waals surface area (Å²) in [5, 5.41) is 0. The van der Waals surface area contributed by atoms with Gasteiger partial charge < -0.3 is 4.90 Å². The molecule has 1 aliphatic rings. The first-order valence-corrected chi connectivity index (χ1v) is 4.39. The molecule has 0 amide bonds. The van der Waals surface area contributed by atoms with Gasteiger partial charge in [0.2, 0.25) is 0 Å².